The van der Waals surface area contributed by atoms with Crippen molar-refractivity contribution in [1.29, 1.82) is 0 Å². The van der Waals surface area contributed by atoms with Gasteiger partial charge in [-0.3, -0.25) is 4.99 Å². The normalized spacial score (nSPS) is 29.6. The monoisotopic (exact) mass is 274 g/mol. The Morgan fingerprint density at radius 2 is 1.85 bits per heavy atom. The van der Waals surface area contributed by atoms with E-state index in [2.05, 4.69) is 27.3 Å². The van der Waals surface area contributed by atoms with Crippen molar-refractivity contribution in [3.05, 3.63) is 24.3 Å². The highest BCUT2D eigenvalue weighted by atomic mass is 16.3. The molecule has 2 aliphatic heterocycles. The maximum absolute atomic E-state index is 9.86. The summed E-state index contributed by atoms with van der Waals surface area (Å²) in [5, 5.41) is 12.9. The Hall–Kier alpha value is -1.75. The second-order valence-corrected chi connectivity index (χ2v) is 5.70. The molecule has 5 heteroatoms. The average Bonchev–Trinajstić information content (AvgIpc) is 2.72. The minimum Gasteiger partial charge on any atom is -0.393 e. The number of fused-ring (bicyclic) bond motifs is 2. The van der Waals surface area contributed by atoms with Gasteiger partial charge in [0.25, 0.3) is 0 Å². The smallest absolute Gasteiger partial charge is 0.192 e. The minimum absolute atomic E-state index is 0.120. The van der Waals surface area contributed by atoms with Gasteiger partial charge in [-0.25, -0.2) is 0 Å². The second-order valence-electron chi connectivity index (χ2n) is 5.70. The molecule has 2 unspecified atom stereocenters. The summed E-state index contributed by atoms with van der Waals surface area (Å²) in [6.07, 6.45) is 4.05. The predicted octanol–water partition coefficient (Wildman–Crippen LogP) is 1.54. The second kappa shape index (κ2) is 5.32. The summed E-state index contributed by atoms with van der Waals surface area (Å²) in [5.41, 5.74) is 7.84. The number of nitrogens with two attached hydrogens (primary N) is 1. The molecule has 2 bridgehead atoms. The van der Waals surface area contributed by atoms with Crippen molar-refractivity contribution in [2.24, 2.45) is 10.7 Å². The summed E-state index contributed by atoms with van der Waals surface area (Å²) >= 11 is 0. The number of rotatable bonds is 2. The van der Waals surface area contributed by atoms with Crippen LogP contribution >= 0.6 is 0 Å². The molecule has 0 radical (unpaired) electrons. The molecule has 1 aromatic rings. The first-order chi connectivity index (χ1) is 9.67. The van der Waals surface area contributed by atoms with Gasteiger partial charge in [0.15, 0.2) is 5.96 Å². The molecule has 2 fully saturated rings. The van der Waals surface area contributed by atoms with Crippen molar-refractivity contribution in [3.63, 3.8) is 0 Å². The molecule has 20 heavy (non-hydrogen) atoms. The largest absolute Gasteiger partial charge is 0.393 e. The topological polar surface area (TPSA) is 73.9 Å². The number of benzene rings is 1. The van der Waals surface area contributed by atoms with Crippen molar-refractivity contribution in [2.75, 3.05) is 17.3 Å². The Bertz CT molecular complexity index is 485. The quantitative estimate of drug-likeness (QED) is 0.565. The molecule has 4 N–H and O–H groups in total. The predicted molar refractivity (Wildman–Crippen MR) is 82.1 cm³/mol. The van der Waals surface area contributed by atoms with Crippen molar-refractivity contribution < 1.29 is 5.11 Å². The molecule has 0 spiro atoms. The first-order valence-corrected chi connectivity index (χ1v) is 7.23. The van der Waals surface area contributed by atoms with Gasteiger partial charge in [-0.15, -0.1) is 0 Å². The zero-order valence-corrected chi connectivity index (χ0v) is 11.8. The molecule has 3 rings (SSSR count). The van der Waals surface area contributed by atoms with Crippen LogP contribution in [0.3, 0.4) is 0 Å². The van der Waals surface area contributed by atoms with Gasteiger partial charge in [-0.2, -0.15) is 0 Å². The van der Waals surface area contributed by atoms with Gasteiger partial charge in [0.05, 0.1) is 6.10 Å². The molecule has 0 amide bonds. The van der Waals surface area contributed by atoms with Crippen LogP contribution in [0.4, 0.5) is 11.4 Å². The molecular formula is C15H22N4O. The zero-order chi connectivity index (χ0) is 14.1. The summed E-state index contributed by atoms with van der Waals surface area (Å²) in [5.74, 6) is 0.416. The number of aliphatic hydroxyl groups is 1. The molecule has 2 atom stereocenters. The maximum Gasteiger partial charge on any atom is 0.192 e. The minimum atomic E-state index is -0.120. The van der Waals surface area contributed by atoms with Crippen LogP contribution in [0.5, 0.6) is 0 Å². The lowest BCUT2D eigenvalue weighted by molar-refractivity contribution is 0.126. The van der Waals surface area contributed by atoms with Crippen LogP contribution in [0.2, 0.25) is 0 Å². The standard InChI is InChI=1S/C15H22N4O/c1-17-15(16)18-10-2-4-11(5-3-10)19-12-6-7-13(19)9-14(20)8-12/h2-5,12-14,20H,6-9H2,1H3,(H3,16,17,18). The fourth-order valence-corrected chi connectivity index (χ4v) is 3.49. The number of aliphatic imine (C=N–C) groups is 1. The Morgan fingerprint density at radius 3 is 2.40 bits per heavy atom. The number of nitrogens with one attached hydrogen (secondary N) is 1. The van der Waals surface area contributed by atoms with E-state index in [1.165, 1.54) is 18.5 Å². The number of aliphatic hydroxyl groups excluding tert-OH is 1. The van der Waals surface area contributed by atoms with Gasteiger partial charge in [-0.05, 0) is 49.9 Å². The highest BCUT2D eigenvalue weighted by Crippen LogP contribution is 2.39. The van der Waals surface area contributed by atoms with Gasteiger partial charge < -0.3 is 21.1 Å². The lowest BCUT2D eigenvalue weighted by Gasteiger charge is -2.39. The molecule has 2 saturated heterocycles. The van der Waals surface area contributed by atoms with Crippen LogP contribution in [-0.4, -0.2) is 36.3 Å². The summed E-state index contributed by atoms with van der Waals surface area (Å²) in [6.45, 7) is 0. The summed E-state index contributed by atoms with van der Waals surface area (Å²) in [4.78, 5) is 6.36. The third-order valence-electron chi connectivity index (χ3n) is 4.39. The third-order valence-corrected chi connectivity index (χ3v) is 4.39. The van der Waals surface area contributed by atoms with E-state index < -0.39 is 0 Å². The van der Waals surface area contributed by atoms with E-state index in [-0.39, 0.29) is 6.10 Å². The Balaban J connectivity index is 1.75. The SMILES string of the molecule is CN=C(N)Nc1ccc(N2C3CCC2CC(O)C3)cc1. The number of guanidine groups is 1. The Morgan fingerprint density at radius 1 is 1.25 bits per heavy atom. The first-order valence-electron chi connectivity index (χ1n) is 7.23. The third kappa shape index (κ3) is 2.45. The number of nitrogens with zero attached hydrogens (tertiary/aromatic N) is 2. The highest BCUT2D eigenvalue weighted by Gasteiger charge is 2.40. The Kier molecular flexibility index (Phi) is 3.53. The lowest BCUT2D eigenvalue weighted by atomic mass is 9.99. The van der Waals surface area contributed by atoms with Crippen molar-refractivity contribution in [1.82, 2.24) is 0 Å². The van der Waals surface area contributed by atoms with Crippen molar-refractivity contribution in [2.45, 2.75) is 43.9 Å². The number of hydrogen-bond donors (Lipinski definition) is 3. The van der Waals surface area contributed by atoms with E-state index in [0.717, 1.165) is 18.5 Å². The molecule has 2 heterocycles. The van der Waals surface area contributed by atoms with E-state index in [1.54, 1.807) is 7.05 Å². The highest BCUT2D eigenvalue weighted by molar-refractivity contribution is 5.92. The van der Waals surface area contributed by atoms with Crippen molar-refractivity contribution in [3.8, 4) is 0 Å². The van der Waals surface area contributed by atoms with E-state index in [1.807, 2.05) is 12.1 Å². The summed E-state index contributed by atoms with van der Waals surface area (Å²) in [7, 11) is 1.66. The van der Waals surface area contributed by atoms with E-state index >= 15 is 0 Å². The number of piperidine rings is 1. The van der Waals surface area contributed by atoms with E-state index in [0.29, 0.717) is 18.0 Å². The average molecular weight is 274 g/mol. The lowest BCUT2D eigenvalue weighted by Crippen LogP contribution is -2.44. The molecular weight excluding hydrogens is 252 g/mol. The number of anilines is 2. The molecule has 0 saturated carbocycles. The van der Waals surface area contributed by atoms with Gasteiger partial charge in [-0.1, -0.05) is 0 Å². The molecule has 5 nitrogen and oxygen atoms in total. The molecule has 108 valence electrons. The van der Waals surface area contributed by atoms with Crippen LogP contribution in [0, 0.1) is 0 Å². The molecule has 2 aliphatic rings. The van der Waals surface area contributed by atoms with E-state index in [9.17, 15) is 5.11 Å². The van der Waals surface area contributed by atoms with Gasteiger partial charge in [0, 0.05) is 30.5 Å². The van der Waals surface area contributed by atoms with Crippen molar-refractivity contribution >= 4 is 17.3 Å². The van der Waals surface area contributed by atoms with Gasteiger partial charge in [0.1, 0.15) is 0 Å². The molecule has 1 aromatic carbocycles. The van der Waals surface area contributed by atoms with Crippen LogP contribution in [0.25, 0.3) is 0 Å². The van der Waals surface area contributed by atoms with Gasteiger partial charge >= 0.3 is 0 Å². The summed E-state index contributed by atoms with van der Waals surface area (Å²) in [6, 6.07) is 9.27. The fraction of sp³-hybridized carbons (Fsp3) is 0.533. The fourth-order valence-electron chi connectivity index (χ4n) is 3.49. The number of hydrogen-bond acceptors (Lipinski definition) is 3. The first kappa shape index (κ1) is 13.2. The Labute approximate surface area is 119 Å². The molecule has 0 aromatic heterocycles. The zero-order valence-electron chi connectivity index (χ0n) is 11.8. The molecule has 0 aliphatic carbocycles. The van der Waals surface area contributed by atoms with Crippen LogP contribution in [0.1, 0.15) is 25.7 Å². The van der Waals surface area contributed by atoms with Crippen LogP contribution < -0.4 is 16.0 Å². The van der Waals surface area contributed by atoms with E-state index in [4.69, 9.17) is 5.73 Å². The van der Waals surface area contributed by atoms with Crippen LogP contribution in [0.15, 0.2) is 29.3 Å². The summed E-state index contributed by atoms with van der Waals surface area (Å²) < 4.78 is 0. The van der Waals surface area contributed by atoms with Gasteiger partial charge in [0.2, 0.25) is 0 Å². The maximum atomic E-state index is 9.86. The van der Waals surface area contributed by atoms with Crippen LogP contribution in [-0.2, 0) is 0 Å².